The van der Waals surface area contributed by atoms with Crippen LogP contribution in [-0.2, 0) is 4.79 Å². The van der Waals surface area contributed by atoms with E-state index in [1.165, 1.54) is 0 Å². The summed E-state index contributed by atoms with van der Waals surface area (Å²) in [4.78, 5) is 24.1. The largest absolute Gasteiger partial charge is 0.352 e. The number of hydrogen-bond acceptors (Lipinski definition) is 3. The number of carbonyl (C=O) groups is 2. The number of amides is 2. The highest BCUT2D eigenvalue weighted by Crippen LogP contribution is 2.23. The molecule has 1 atom stereocenters. The van der Waals surface area contributed by atoms with Gasteiger partial charge in [-0.1, -0.05) is 32.4 Å². The third kappa shape index (κ3) is 7.48. The first-order chi connectivity index (χ1) is 10.6. The Morgan fingerprint density at radius 2 is 1.96 bits per heavy atom. The molecule has 1 aromatic carbocycles. The second kappa shape index (κ2) is 8.31. The highest BCUT2D eigenvalue weighted by Gasteiger charge is 2.17. The van der Waals surface area contributed by atoms with E-state index in [9.17, 15) is 9.59 Å². The Hall–Kier alpha value is -1.59. The van der Waals surface area contributed by atoms with E-state index in [0.717, 1.165) is 0 Å². The van der Waals surface area contributed by atoms with Crippen LogP contribution < -0.4 is 16.4 Å². The highest BCUT2D eigenvalue weighted by atomic mass is 35.5. The summed E-state index contributed by atoms with van der Waals surface area (Å²) in [5.74, 6) is -0.370. The molecule has 4 N–H and O–H groups in total. The highest BCUT2D eigenvalue weighted by molar-refractivity contribution is 6.34. The Balaban J connectivity index is 2.75. The van der Waals surface area contributed by atoms with Gasteiger partial charge in [-0.25, -0.2) is 0 Å². The van der Waals surface area contributed by atoms with Gasteiger partial charge in [0.05, 0.1) is 10.6 Å². The average Bonchev–Trinajstić information content (AvgIpc) is 2.38. The number of nitrogens with two attached hydrogens (primary N) is 1. The van der Waals surface area contributed by atoms with E-state index < -0.39 is 0 Å². The molecule has 0 bridgehead atoms. The zero-order valence-electron chi connectivity index (χ0n) is 14.2. The number of carbonyl (C=O) groups excluding carboxylic acids is 2. The molecule has 0 saturated heterocycles. The van der Waals surface area contributed by atoms with E-state index in [2.05, 4.69) is 10.6 Å². The van der Waals surface area contributed by atoms with Crippen molar-refractivity contribution < 1.29 is 9.59 Å². The van der Waals surface area contributed by atoms with Crippen molar-refractivity contribution in [1.82, 2.24) is 5.32 Å². The normalized spacial score (nSPS) is 12.6. The monoisotopic (exact) mass is 339 g/mol. The molecule has 0 heterocycles. The Morgan fingerprint density at radius 3 is 2.52 bits per heavy atom. The van der Waals surface area contributed by atoms with Crippen LogP contribution in [0.3, 0.4) is 0 Å². The summed E-state index contributed by atoms with van der Waals surface area (Å²) in [6.45, 7) is 8.33. The van der Waals surface area contributed by atoms with Crippen molar-refractivity contribution in [3.05, 3.63) is 28.8 Å². The zero-order valence-corrected chi connectivity index (χ0v) is 15.0. The molecule has 5 nitrogen and oxygen atoms in total. The number of hydrogen-bond donors (Lipinski definition) is 3. The van der Waals surface area contributed by atoms with Crippen molar-refractivity contribution in [2.24, 2.45) is 11.1 Å². The van der Waals surface area contributed by atoms with Crippen molar-refractivity contribution in [2.45, 2.75) is 46.6 Å². The molecule has 0 aliphatic carbocycles. The molecular weight excluding hydrogens is 314 g/mol. The van der Waals surface area contributed by atoms with Gasteiger partial charge in [-0.15, -0.1) is 0 Å². The lowest BCUT2D eigenvalue weighted by Crippen LogP contribution is -2.29. The standard InChI is InChI=1S/C17H26ClN3O2/c1-11(19)7-8-20-16(23)13-9-12(5-6-14(13)18)21-15(22)10-17(2,3)4/h5-6,9,11H,7-8,10,19H2,1-4H3,(H,20,23)(H,21,22). The fourth-order valence-corrected chi connectivity index (χ4v) is 2.18. The van der Waals surface area contributed by atoms with Crippen molar-refractivity contribution in [3.63, 3.8) is 0 Å². The second-order valence-electron chi connectivity index (χ2n) is 7.00. The molecule has 0 aromatic heterocycles. The van der Waals surface area contributed by atoms with Crippen LogP contribution in [0.2, 0.25) is 5.02 Å². The van der Waals surface area contributed by atoms with Gasteiger partial charge in [0.15, 0.2) is 0 Å². The maximum Gasteiger partial charge on any atom is 0.252 e. The quantitative estimate of drug-likeness (QED) is 0.744. The third-order valence-electron chi connectivity index (χ3n) is 3.07. The van der Waals surface area contributed by atoms with Crippen LogP contribution in [0.5, 0.6) is 0 Å². The number of anilines is 1. The first kappa shape index (κ1) is 19.5. The second-order valence-corrected chi connectivity index (χ2v) is 7.41. The minimum absolute atomic E-state index is 0.0220. The molecule has 128 valence electrons. The van der Waals surface area contributed by atoms with Gasteiger partial charge in [0.2, 0.25) is 5.91 Å². The number of rotatable bonds is 6. The van der Waals surface area contributed by atoms with Gasteiger partial charge in [-0.2, -0.15) is 0 Å². The summed E-state index contributed by atoms with van der Waals surface area (Å²) in [5, 5.41) is 5.92. The van der Waals surface area contributed by atoms with Gasteiger partial charge < -0.3 is 16.4 Å². The molecule has 23 heavy (non-hydrogen) atoms. The van der Waals surface area contributed by atoms with Gasteiger partial charge in [-0.05, 0) is 37.0 Å². The van der Waals surface area contributed by atoms with Crippen molar-refractivity contribution in [2.75, 3.05) is 11.9 Å². The molecule has 0 spiro atoms. The maximum atomic E-state index is 12.2. The van der Waals surface area contributed by atoms with Crippen LogP contribution in [0.4, 0.5) is 5.69 Å². The predicted molar refractivity (Wildman–Crippen MR) is 94.8 cm³/mol. The van der Waals surface area contributed by atoms with Crippen molar-refractivity contribution >= 4 is 29.1 Å². The minimum Gasteiger partial charge on any atom is -0.352 e. The van der Waals surface area contributed by atoms with Crippen LogP contribution in [0, 0.1) is 5.41 Å². The Morgan fingerprint density at radius 1 is 1.30 bits per heavy atom. The number of halogens is 1. The molecule has 2 amide bonds. The Labute approximate surface area is 143 Å². The zero-order chi connectivity index (χ0) is 17.6. The molecular formula is C17H26ClN3O2. The van der Waals surface area contributed by atoms with E-state index in [-0.39, 0.29) is 23.3 Å². The fraction of sp³-hybridized carbons (Fsp3) is 0.529. The van der Waals surface area contributed by atoms with Crippen LogP contribution in [0.15, 0.2) is 18.2 Å². The molecule has 0 radical (unpaired) electrons. The predicted octanol–water partition coefficient (Wildman–Crippen LogP) is 3.18. The number of benzene rings is 1. The van der Waals surface area contributed by atoms with E-state index in [0.29, 0.717) is 35.7 Å². The van der Waals surface area contributed by atoms with Crippen LogP contribution in [0.1, 0.15) is 50.9 Å². The maximum absolute atomic E-state index is 12.2. The van der Waals surface area contributed by atoms with Crippen LogP contribution in [0.25, 0.3) is 0 Å². The summed E-state index contributed by atoms with van der Waals surface area (Å²) in [6, 6.07) is 4.90. The molecule has 0 fully saturated rings. The summed E-state index contributed by atoms with van der Waals surface area (Å²) in [7, 11) is 0. The van der Waals surface area contributed by atoms with Gasteiger partial charge in [0, 0.05) is 24.7 Å². The van der Waals surface area contributed by atoms with E-state index in [1.54, 1.807) is 18.2 Å². The summed E-state index contributed by atoms with van der Waals surface area (Å²) in [5.41, 5.74) is 6.44. The summed E-state index contributed by atoms with van der Waals surface area (Å²) < 4.78 is 0. The first-order valence-corrected chi connectivity index (χ1v) is 8.09. The van der Waals surface area contributed by atoms with E-state index in [4.69, 9.17) is 17.3 Å². The van der Waals surface area contributed by atoms with Gasteiger partial charge in [0.1, 0.15) is 0 Å². The van der Waals surface area contributed by atoms with Crippen molar-refractivity contribution in [1.29, 1.82) is 0 Å². The smallest absolute Gasteiger partial charge is 0.252 e. The molecule has 0 saturated carbocycles. The fourth-order valence-electron chi connectivity index (χ4n) is 1.97. The van der Waals surface area contributed by atoms with Crippen LogP contribution in [-0.4, -0.2) is 24.4 Å². The van der Waals surface area contributed by atoms with E-state index >= 15 is 0 Å². The topological polar surface area (TPSA) is 84.2 Å². The molecule has 6 heteroatoms. The van der Waals surface area contributed by atoms with Gasteiger partial charge >= 0.3 is 0 Å². The third-order valence-corrected chi connectivity index (χ3v) is 3.40. The van der Waals surface area contributed by atoms with Gasteiger partial charge in [0.25, 0.3) is 5.91 Å². The van der Waals surface area contributed by atoms with E-state index in [1.807, 2.05) is 27.7 Å². The Bertz CT molecular complexity index is 565. The molecule has 1 unspecified atom stereocenters. The lowest BCUT2D eigenvalue weighted by Gasteiger charge is -2.17. The lowest BCUT2D eigenvalue weighted by molar-refractivity contribution is -0.117. The number of nitrogens with one attached hydrogen (secondary N) is 2. The van der Waals surface area contributed by atoms with Crippen LogP contribution >= 0.6 is 11.6 Å². The first-order valence-electron chi connectivity index (χ1n) is 7.71. The minimum atomic E-state index is -0.275. The molecule has 0 aliphatic rings. The molecule has 1 rings (SSSR count). The summed E-state index contributed by atoms with van der Waals surface area (Å²) in [6.07, 6.45) is 1.08. The summed E-state index contributed by atoms with van der Waals surface area (Å²) >= 11 is 6.08. The average molecular weight is 340 g/mol. The SMILES string of the molecule is CC(N)CCNC(=O)c1cc(NC(=O)CC(C)(C)C)ccc1Cl. The van der Waals surface area contributed by atoms with Crippen molar-refractivity contribution in [3.8, 4) is 0 Å². The lowest BCUT2D eigenvalue weighted by atomic mass is 9.92. The molecule has 1 aromatic rings. The Kier molecular flexibility index (Phi) is 7.03. The molecule has 0 aliphatic heterocycles. The van der Waals surface area contributed by atoms with Gasteiger partial charge in [-0.3, -0.25) is 9.59 Å².